The number of carbonyl (C=O) groups is 1. The summed E-state index contributed by atoms with van der Waals surface area (Å²) in [6.45, 7) is 1.90. The molecule has 2 aliphatic rings. The van der Waals surface area contributed by atoms with Gasteiger partial charge in [0.1, 0.15) is 6.54 Å². The molecule has 0 fully saturated rings. The molecule has 4 rings (SSSR count). The van der Waals surface area contributed by atoms with Crippen molar-refractivity contribution in [2.45, 2.75) is 20.0 Å². The Hall–Kier alpha value is -4.07. The molecular formula is C22H19N5O3. The second-order valence-electron chi connectivity index (χ2n) is 6.88. The van der Waals surface area contributed by atoms with Crippen molar-refractivity contribution >= 4 is 11.6 Å². The summed E-state index contributed by atoms with van der Waals surface area (Å²) < 4.78 is 2.57. The van der Waals surface area contributed by atoms with Gasteiger partial charge in [-0.3, -0.25) is 19.1 Å². The number of amides is 1. The van der Waals surface area contributed by atoms with E-state index in [0.29, 0.717) is 5.69 Å². The quantitative estimate of drug-likeness (QED) is 0.551. The van der Waals surface area contributed by atoms with Crippen molar-refractivity contribution in [1.82, 2.24) is 19.1 Å². The van der Waals surface area contributed by atoms with Crippen LogP contribution in [0, 0.1) is 6.92 Å². The van der Waals surface area contributed by atoms with Crippen LogP contribution in [0.1, 0.15) is 11.1 Å². The molecule has 0 radical (unpaired) electrons. The van der Waals surface area contributed by atoms with E-state index in [-0.39, 0.29) is 30.4 Å². The van der Waals surface area contributed by atoms with E-state index in [1.165, 1.54) is 4.57 Å². The zero-order valence-electron chi connectivity index (χ0n) is 16.3. The molecule has 3 heterocycles. The van der Waals surface area contributed by atoms with Crippen molar-refractivity contribution in [3.8, 4) is 11.4 Å². The molecule has 1 aromatic heterocycles. The number of anilines is 1. The lowest BCUT2D eigenvalue weighted by molar-refractivity contribution is -0.116. The zero-order valence-corrected chi connectivity index (χ0v) is 16.3. The Morgan fingerprint density at radius 1 is 1.07 bits per heavy atom. The number of hydrogen-bond donors (Lipinski definition) is 1. The van der Waals surface area contributed by atoms with Crippen molar-refractivity contribution in [2.75, 3.05) is 5.32 Å². The van der Waals surface area contributed by atoms with Crippen LogP contribution in [0.4, 0.5) is 5.69 Å². The highest BCUT2D eigenvalue weighted by Gasteiger charge is 2.18. The number of hydrogen-bond acceptors (Lipinski definition) is 5. The Bertz CT molecular complexity index is 1290. The van der Waals surface area contributed by atoms with Gasteiger partial charge >= 0.3 is 5.69 Å². The highest BCUT2D eigenvalue weighted by atomic mass is 16.2. The Labute approximate surface area is 171 Å². The molecule has 150 valence electrons. The standard InChI is InChI=1S/C22H19N5O3/c1-15-6-2-3-9-18(15)24-19(28)14-26-11-5-8-17-20(26)25-22(30)27(21(17)29)13-16-7-4-10-23-12-16/h2-12H,13-14H2,1H3,(H,24,28). The molecule has 1 amide bonds. The number of fused-ring (bicyclic) bond motifs is 1. The first kappa shape index (κ1) is 19.3. The van der Waals surface area contributed by atoms with Gasteiger partial charge in [-0.15, -0.1) is 0 Å². The van der Waals surface area contributed by atoms with Gasteiger partial charge in [-0.25, -0.2) is 4.79 Å². The Kier molecular flexibility index (Phi) is 5.21. The van der Waals surface area contributed by atoms with Crippen LogP contribution in [0.15, 0.2) is 76.7 Å². The number of benzene rings is 1. The van der Waals surface area contributed by atoms with Gasteiger partial charge < -0.3 is 9.88 Å². The normalized spacial score (nSPS) is 10.8. The fourth-order valence-electron chi connectivity index (χ4n) is 3.22. The topological polar surface area (TPSA) is 98.9 Å². The molecule has 0 saturated heterocycles. The van der Waals surface area contributed by atoms with E-state index in [1.807, 2.05) is 31.2 Å². The van der Waals surface area contributed by atoms with Gasteiger partial charge in [0.15, 0.2) is 5.82 Å². The lowest BCUT2D eigenvalue weighted by atomic mass is 10.2. The second-order valence-corrected chi connectivity index (χ2v) is 6.88. The lowest BCUT2D eigenvalue weighted by Crippen LogP contribution is -2.38. The number of aryl methyl sites for hydroxylation is 1. The average Bonchev–Trinajstić information content (AvgIpc) is 2.74. The van der Waals surface area contributed by atoms with Gasteiger partial charge in [-0.1, -0.05) is 24.3 Å². The third-order valence-electron chi connectivity index (χ3n) is 4.75. The summed E-state index contributed by atoms with van der Waals surface area (Å²) in [4.78, 5) is 46.1. The first-order valence-corrected chi connectivity index (χ1v) is 9.37. The van der Waals surface area contributed by atoms with Gasteiger partial charge in [0.25, 0.3) is 5.56 Å². The fourth-order valence-corrected chi connectivity index (χ4v) is 3.22. The van der Waals surface area contributed by atoms with Gasteiger partial charge in [-0.2, -0.15) is 4.98 Å². The van der Waals surface area contributed by atoms with Gasteiger partial charge in [-0.05, 0) is 42.3 Å². The Morgan fingerprint density at radius 2 is 1.90 bits per heavy atom. The van der Waals surface area contributed by atoms with Crippen LogP contribution in [0.5, 0.6) is 0 Å². The number of pyridine rings is 2. The second kappa shape index (κ2) is 8.12. The lowest BCUT2D eigenvalue weighted by Gasteiger charge is -2.15. The Balaban J connectivity index is 1.66. The van der Waals surface area contributed by atoms with Crippen LogP contribution in [0.2, 0.25) is 0 Å². The first-order chi connectivity index (χ1) is 14.5. The minimum Gasteiger partial charge on any atom is -0.324 e. The zero-order chi connectivity index (χ0) is 21.1. The largest absolute Gasteiger partial charge is 0.352 e. The molecule has 0 unspecified atom stereocenters. The van der Waals surface area contributed by atoms with Crippen molar-refractivity contribution in [2.24, 2.45) is 0 Å². The van der Waals surface area contributed by atoms with Crippen LogP contribution in [0.3, 0.4) is 0 Å². The van der Waals surface area contributed by atoms with Crippen LogP contribution < -0.4 is 16.6 Å². The maximum absolute atomic E-state index is 12.9. The predicted molar refractivity (Wildman–Crippen MR) is 113 cm³/mol. The average molecular weight is 401 g/mol. The molecule has 1 aromatic carbocycles. The third kappa shape index (κ3) is 3.88. The molecule has 0 saturated carbocycles. The molecular weight excluding hydrogens is 382 g/mol. The molecule has 0 aliphatic carbocycles. The van der Waals surface area contributed by atoms with Crippen molar-refractivity contribution in [1.29, 1.82) is 0 Å². The SMILES string of the molecule is Cc1ccccc1NC(=O)Cn1cccc2c(=O)n(Cc3cccnc3)c(=O)nc1-2. The third-order valence-corrected chi connectivity index (χ3v) is 4.75. The van der Waals surface area contributed by atoms with E-state index in [4.69, 9.17) is 0 Å². The first-order valence-electron chi connectivity index (χ1n) is 9.37. The number of carbonyl (C=O) groups excluding carboxylic acids is 1. The number of nitrogens with zero attached hydrogens (tertiary/aromatic N) is 4. The highest BCUT2D eigenvalue weighted by Crippen LogP contribution is 2.15. The minimum absolute atomic E-state index is 0.0792. The summed E-state index contributed by atoms with van der Waals surface area (Å²) in [5, 5.41) is 2.84. The maximum atomic E-state index is 12.9. The van der Waals surface area contributed by atoms with Gasteiger partial charge in [0.2, 0.25) is 5.91 Å². The molecule has 2 aromatic rings. The van der Waals surface area contributed by atoms with Crippen molar-refractivity contribution < 1.29 is 4.79 Å². The minimum atomic E-state index is -0.671. The predicted octanol–water partition coefficient (Wildman–Crippen LogP) is 1.90. The summed E-state index contributed by atoms with van der Waals surface area (Å²) in [5.74, 6) is -0.106. The summed E-state index contributed by atoms with van der Waals surface area (Å²) in [6, 6.07) is 14.2. The summed E-state index contributed by atoms with van der Waals surface area (Å²) in [7, 11) is 0. The van der Waals surface area contributed by atoms with Crippen LogP contribution >= 0.6 is 0 Å². The van der Waals surface area contributed by atoms with E-state index in [9.17, 15) is 14.4 Å². The molecule has 0 bridgehead atoms. The summed E-state index contributed by atoms with van der Waals surface area (Å²) in [5.41, 5.74) is 1.51. The van der Waals surface area contributed by atoms with Crippen LogP contribution in [-0.2, 0) is 17.9 Å². The highest BCUT2D eigenvalue weighted by molar-refractivity contribution is 5.91. The van der Waals surface area contributed by atoms with Gasteiger partial charge in [0.05, 0.1) is 12.1 Å². The van der Waals surface area contributed by atoms with Crippen LogP contribution in [0.25, 0.3) is 11.4 Å². The molecule has 0 spiro atoms. The molecule has 8 nitrogen and oxygen atoms in total. The number of nitrogens with one attached hydrogen (secondary N) is 1. The molecule has 0 atom stereocenters. The van der Waals surface area contributed by atoms with Crippen molar-refractivity contribution in [3.05, 3.63) is 99.1 Å². The molecule has 8 heteroatoms. The fraction of sp³-hybridized carbons (Fsp3) is 0.136. The van der Waals surface area contributed by atoms with E-state index < -0.39 is 11.2 Å². The molecule has 2 aliphatic heterocycles. The summed E-state index contributed by atoms with van der Waals surface area (Å²) >= 11 is 0. The number of para-hydroxylation sites is 1. The van der Waals surface area contributed by atoms with E-state index in [0.717, 1.165) is 15.7 Å². The Morgan fingerprint density at radius 3 is 2.67 bits per heavy atom. The van der Waals surface area contributed by atoms with E-state index in [1.54, 1.807) is 42.9 Å². The van der Waals surface area contributed by atoms with E-state index >= 15 is 0 Å². The monoisotopic (exact) mass is 401 g/mol. The van der Waals surface area contributed by atoms with Crippen molar-refractivity contribution in [3.63, 3.8) is 0 Å². The molecule has 30 heavy (non-hydrogen) atoms. The van der Waals surface area contributed by atoms with Crippen LogP contribution in [-0.4, -0.2) is 25.0 Å². The maximum Gasteiger partial charge on any atom is 0.352 e. The van der Waals surface area contributed by atoms with Gasteiger partial charge in [0, 0.05) is 24.3 Å². The summed E-state index contributed by atoms with van der Waals surface area (Å²) in [6.07, 6.45) is 4.84. The number of rotatable bonds is 5. The van der Waals surface area contributed by atoms with E-state index in [2.05, 4.69) is 15.3 Å². The molecule has 1 N–H and O–H groups in total. The smallest absolute Gasteiger partial charge is 0.324 e. The number of aromatic nitrogens is 4.